The van der Waals surface area contributed by atoms with Crippen molar-refractivity contribution in [3.8, 4) is 0 Å². The summed E-state index contributed by atoms with van der Waals surface area (Å²) < 4.78 is 5.54. The topological polar surface area (TPSA) is 76.2 Å². The van der Waals surface area contributed by atoms with Crippen molar-refractivity contribution in [1.82, 2.24) is 10.2 Å². The number of aromatic nitrogens is 2. The molecule has 1 heterocycles. The quantitative estimate of drug-likeness (QED) is 0.809. The molecule has 0 aliphatic carbocycles. The van der Waals surface area contributed by atoms with Crippen LogP contribution in [-0.4, -0.2) is 21.3 Å². The lowest BCUT2D eigenvalue weighted by Crippen LogP contribution is -2.19. The molecule has 0 aliphatic heterocycles. The van der Waals surface area contributed by atoms with Crippen LogP contribution in [0.1, 0.15) is 52.3 Å². The Hall–Kier alpha value is -1.39. The van der Waals surface area contributed by atoms with Gasteiger partial charge in [0.2, 0.25) is 11.8 Å². The molecule has 0 aromatic carbocycles. The standard InChI is InChI=1S/C13H22N2O3/c1-9(2)5-6-10-14-15-11(18-10)7-13(3,4)8-12(16)17/h9H,5-8H2,1-4H3,(H,16,17). The van der Waals surface area contributed by atoms with Crippen molar-refractivity contribution < 1.29 is 14.3 Å². The molecule has 0 aliphatic rings. The molecule has 0 saturated heterocycles. The average Bonchev–Trinajstić information content (AvgIpc) is 2.59. The Morgan fingerprint density at radius 3 is 2.50 bits per heavy atom. The van der Waals surface area contributed by atoms with Crippen LogP contribution in [0, 0.1) is 11.3 Å². The zero-order valence-corrected chi connectivity index (χ0v) is 11.6. The van der Waals surface area contributed by atoms with Gasteiger partial charge in [0.25, 0.3) is 0 Å². The summed E-state index contributed by atoms with van der Waals surface area (Å²) in [5.41, 5.74) is -0.367. The number of carboxylic acids is 1. The van der Waals surface area contributed by atoms with Gasteiger partial charge in [0.1, 0.15) is 0 Å². The summed E-state index contributed by atoms with van der Waals surface area (Å²) in [5.74, 6) is 0.966. The minimum atomic E-state index is -0.806. The fourth-order valence-corrected chi connectivity index (χ4v) is 1.75. The number of rotatable bonds is 7. The monoisotopic (exact) mass is 254 g/mol. The van der Waals surface area contributed by atoms with Gasteiger partial charge in [0.05, 0.1) is 6.42 Å². The van der Waals surface area contributed by atoms with Crippen molar-refractivity contribution in [1.29, 1.82) is 0 Å². The Morgan fingerprint density at radius 2 is 1.94 bits per heavy atom. The van der Waals surface area contributed by atoms with E-state index in [4.69, 9.17) is 9.52 Å². The lowest BCUT2D eigenvalue weighted by Gasteiger charge is -2.19. The summed E-state index contributed by atoms with van der Waals surface area (Å²) in [4.78, 5) is 10.7. The van der Waals surface area contributed by atoms with Crippen LogP contribution < -0.4 is 0 Å². The van der Waals surface area contributed by atoms with E-state index in [9.17, 15) is 4.79 Å². The fourth-order valence-electron chi connectivity index (χ4n) is 1.75. The summed E-state index contributed by atoms with van der Waals surface area (Å²) in [5, 5.41) is 16.8. The van der Waals surface area contributed by atoms with Crippen LogP contribution in [0.15, 0.2) is 4.42 Å². The predicted octanol–water partition coefficient (Wildman–Crippen LogP) is 2.70. The van der Waals surface area contributed by atoms with Crippen LogP contribution in [0.4, 0.5) is 0 Å². The number of aliphatic carboxylic acids is 1. The molecule has 18 heavy (non-hydrogen) atoms. The van der Waals surface area contributed by atoms with E-state index in [0.29, 0.717) is 24.1 Å². The maximum absolute atomic E-state index is 10.7. The summed E-state index contributed by atoms with van der Waals surface area (Å²) in [6.07, 6.45) is 2.38. The zero-order chi connectivity index (χ0) is 13.8. The second kappa shape index (κ2) is 5.98. The minimum Gasteiger partial charge on any atom is -0.481 e. The SMILES string of the molecule is CC(C)CCc1nnc(CC(C)(C)CC(=O)O)o1. The highest BCUT2D eigenvalue weighted by Crippen LogP contribution is 2.25. The molecular weight excluding hydrogens is 232 g/mol. The zero-order valence-electron chi connectivity index (χ0n) is 11.6. The molecule has 0 amide bonds. The van der Waals surface area contributed by atoms with Crippen molar-refractivity contribution in [2.75, 3.05) is 0 Å². The van der Waals surface area contributed by atoms with Gasteiger partial charge in [-0.25, -0.2) is 0 Å². The minimum absolute atomic E-state index is 0.0940. The number of carboxylic acid groups (broad SMARTS) is 1. The number of hydrogen-bond donors (Lipinski definition) is 1. The molecule has 0 spiro atoms. The first kappa shape index (κ1) is 14.7. The maximum Gasteiger partial charge on any atom is 0.303 e. The van der Waals surface area contributed by atoms with Crippen molar-refractivity contribution in [3.63, 3.8) is 0 Å². The second-order valence-electron chi connectivity index (χ2n) is 5.93. The largest absolute Gasteiger partial charge is 0.481 e. The third-order valence-corrected chi connectivity index (χ3v) is 2.70. The van der Waals surface area contributed by atoms with Gasteiger partial charge >= 0.3 is 5.97 Å². The van der Waals surface area contributed by atoms with E-state index in [1.165, 1.54) is 0 Å². The first-order chi connectivity index (χ1) is 8.28. The molecule has 1 N–H and O–H groups in total. The van der Waals surface area contributed by atoms with Crippen LogP contribution in [0.2, 0.25) is 0 Å². The van der Waals surface area contributed by atoms with Gasteiger partial charge in [0.15, 0.2) is 0 Å². The Balaban J connectivity index is 2.55. The van der Waals surface area contributed by atoms with Crippen molar-refractivity contribution in [2.24, 2.45) is 11.3 Å². The lowest BCUT2D eigenvalue weighted by atomic mass is 9.86. The van der Waals surface area contributed by atoms with Crippen LogP contribution in [-0.2, 0) is 17.6 Å². The molecule has 1 aromatic heterocycles. The molecule has 0 bridgehead atoms. The highest BCUT2D eigenvalue weighted by Gasteiger charge is 2.25. The highest BCUT2D eigenvalue weighted by atomic mass is 16.4. The highest BCUT2D eigenvalue weighted by molar-refractivity contribution is 5.67. The maximum atomic E-state index is 10.7. The molecule has 1 rings (SSSR count). The van der Waals surface area contributed by atoms with E-state index < -0.39 is 5.97 Å². The van der Waals surface area contributed by atoms with Crippen molar-refractivity contribution >= 4 is 5.97 Å². The summed E-state index contributed by atoms with van der Waals surface area (Å²) in [6, 6.07) is 0. The van der Waals surface area contributed by atoms with Gasteiger partial charge in [-0.15, -0.1) is 10.2 Å². The molecule has 0 fully saturated rings. The van der Waals surface area contributed by atoms with E-state index in [0.717, 1.165) is 12.8 Å². The molecule has 0 atom stereocenters. The van der Waals surface area contributed by atoms with Crippen molar-refractivity contribution in [2.45, 2.75) is 53.4 Å². The fraction of sp³-hybridized carbons (Fsp3) is 0.769. The summed E-state index contributed by atoms with van der Waals surface area (Å²) in [6.45, 7) is 8.07. The molecule has 0 unspecified atom stereocenters. The van der Waals surface area contributed by atoms with Gasteiger partial charge in [-0.1, -0.05) is 27.7 Å². The summed E-state index contributed by atoms with van der Waals surface area (Å²) in [7, 11) is 0. The Kier molecular flexibility index (Phi) is 4.87. The molecule has 5 heteroatoms. The number of carbonyl (C=O) groups is 1. The molecule has 0 saturated carbocycles. The van der Waals surface area contributed by atoms with Crippen molar-refractivity contribution in [3.05, 3.63) is 11.8 Å². The average molecular weight is 254 g/mol. The third-order valence-electron chi connectivity index (χ3n) is 2.70. The van der Waals surface area contributed by atoms with E-state index in [1.54, 1.807) is 0 Å². The number of aryl methyl sites for hydroxylation is 1. The Bertz CT molecular complexity index is 397. The van der Waals surface area contributed by atoms with Gasteiger partial charge in [-0.05, 0) is 17.8 Å². The number of hydrogen-bond acceptors (Lipinski definition) is 4. The van der Waals surface area contributed by atoms with E-state index in [2.05, 4.69) is 24.0 Å². The van der Waals surface area contributed by atoms with Gasteiger partial charge in [0, 0.05) is 12.8 Å². The molecule has 102 valence electrons. The lowest BCUT2D eigenvalue weighted by molar-refractivity contribution is -0.139. The second-order valence-corrected chi connectivity index (χ2v) is 5.93. The normalized spacial score (nSPS) is 12.1. The third kappa shape index (κ3) is 5.29. The predicted molar refractivity (Wildman–Crippen MR) is 67.2 cm³/mol. The van der Waals surface area contributed by atoms with Crippen LogP contribution in [0.5, 0.6) is 0 Å². The van der Waals surface area contributed by atoms with E-state index in [-0.39, 0.29) is 11.8 Å². The van der Waals surface area contributed by atoms with Gasteiger partial charge in [-0.3, -0.25) is 4.79 Å². The Labute approximate surface area is 108 Å². The van der Waals surface area contributed by atoms with Crippen LogP contribution >= 0.6 is 0 Å². The molecular formula is C13H22N2O3. The van der Waals surface area contributed by atoms with E-state index in [1.807, 2.05) is 13.8 Å². The Morgan fingerprint density at radius 1 is 1.33 bits per heavy atom. The van der Waals surface area contributed by atoms with E-state index >= 15 is 0 Å². The molecule has 5 nitrogen and oxygen atoms in total. The van der Waals surface area contributed by atoms with Crippen LogP contribution in [0.25, 0.3) is 0 Å². The summed E-state index contributed by atoms with van der Waals surface area (Å²) >= 11 is 0. The van der Waals surface area contributed by atoms with Gasteiger partial charge in [-0.2, -0.15) is 0 Å². The first-order valence-corrected chi connectivity index (χ1v) is 6.31. The number of nitrogens with zero attached hydrogens (tertiary/aromatic N) is 2. The van der Waals surface area contributed by atoms with Crippen LogP contribution in [0.3, 0.4) is 0 Å². The smallest absolute Gasteiger partial charge is 0.303 e. The first-order valence-electron chi connectivity index (χ1n) is 6.31. The van der Waals surface area contributed by atoms with Gasteiger partial charge < -0.3 is 9.52 Å². The molecule has 1 aromatic rings. The molecule has 0 radical (unpaired) electrons.